The first-order chi connectivity index (χ1) is 6.35. The molecule has 0 atom stereocenters. The van der Waals surface area contributed by atoms with E-state index in [4.69, 9.17) is 0 Å². The molecular formula is C12H25NO. The Kier molecular flexibility index (Phi) is 3.59. The Bertz CT molecular complexity index is 175. The molecule has 0 unspecified atom stereocenters. The van der Waals surface area contributed by atoms with E-state index in [1.165, 1.54) is 6.54 Å². The van der Waals surface area contributed by atoms with Gasteiger partial charge in [0.15, 0.2) is 0 Å². The molecule has 0 radical (unpaired) electrons. The zero-order chi connectivity index (χ0) is 10.8. The maximum atomic E-state index is 9.25. The normalized spacial score (nSPS) is 23.8. The van der Waals surface area contributed by atoms with Gasteiger partial charge in [-0.2, -0.15) is 0 Å². The first-order valence-corrected chi connectivity index (χ1v) is 5.68. The first-order valence-electron chi connectivity index (χ1n) is 5.68. The molecule has 1 heterocycles. The second-order valence-electron chi connectivity index (χ2n) is 6.31. The first kappa shape index (κ1) is 12.0. The SMILES string of the molecule is CC(C)(C)CN1CCC(C)(CO)CC1. The quantitative estimate of drug-likeness (QED) is 0.736. The summed E-state index contributed by atoms with van der Waals surface area (Å²) in [5.74, 6) is 0. The van der Waals surface area contributed by atoms with Crippen molar-refractivity contribution in [1.29, 1.82) is 0 Å². The molecule has 0 aromatic rings. The van der Waals surface area contributed by atoms with Gasteiger partial charge in [0, 0.05) is 13.2 Å². The zero-order valence-electron chi connectivity index (χ0n) is 10.1. The number of aliphatic hydroxyl groups excluding tert-OH is 1. The largest absolute Gasteiger partial charge is 0.396 e. The van der Waals surface area contributed by atoms with Crippen LogP contribution in [-0.2, 0) is 0 Å². The van der Waals surface area contributed by atoms with Gasteiger partial charge in [-0.3, -0.25) is 0 Å². The van der Waals surface area contributed by atoms with Crippen LogP contribution in [0.25, 0.3) is 0 Å². The highest BCUT2D eigenvalue weighted by Gasteiger charge is 2.30. The second-order valence-corrected chi connectivity index (χ2v) is 6.31. The zero-order valence-corrected chi connectivity index (χ0v) is 10.1. The smallest absolute Gasteiger partial charge is 0.0485 e. The number of piperidine rings is 1. The Morgan fingerprint density at radius 3 is 2.07 bits per heavy atom. The summed E-state index contributed by atoms with van der Waals surface area (Å²) in [7, 11) is 0. The summed E-state index contributed by atoms with van der Waals surface area (Å²) >= 11 is 0. The lowest BCUT2D eigenvalue weighted by Gasteiger charge is -2.40. The summed E-state index contributed by atoms with van der Waals surface area (Å²) in [6.45, 7) is 12.9. The molecule has 0 saturated carbocycles. The average molecular weight is 199 g/mol. The van der Waals surface area contributed by atoms with Gasteiger partial charge in [-0.05, 0) is 36.8 Å². The van der Waals surface area contributed by atoms with Crippen LogP contribution >= 0.6 is 0 Å². The molecule has 1 rings (SSSR count). The van der Waals surface area contributed by atoms with Crippen molar-refractivity contribution >= 4 is 0 Å². The molecule has 1 saturated heterocycles. The Labute approximate surface area is 88.3 Å². The lowest BCUT2D eigenvalue weighted by Crippen LogP contribution is -2.43. The molecule has 1 aliphatic heterocycles. The van der Waals surface area contributed by atoms with E-state index in [-0.39, 0.29) is 5.41 Å². The van der Waals surface area contributed by atoms with Gasteiger partial charge in [0.25, 0.3) is 0 Å². The van der Waals surface area contributed by atoms with Crippen LogP contribution in [-0.4, -0.2) is 36.2 Å². The van der Waals surface area contributed by atoms with Gasteiger partial charge in [0.2, 0.25) is 0 Å². The topological polar surface area (TPSA) is 23.5 Å². The van der Waals surface area contributed by atoms with Crippen LogP contribution in [0.1, 0.15) is 40.5 Å². The molecule has 0 amide bonds. The predicted molar refractivity (Wildman–Crippen MR) is 60.3 cm³/mol. The van der Waals surface area contributed by atoms with Crippen LogP contribution in [0.5, 0.6) is 0 Å². The van der Waals surface area contributed by atoms with Gasteiger partial charge in [0.05, 0.1) is 0 Å². The van der Waals surface area contributed by atoms with Crippen molar-refractivity contribution in [3.63, 3.8) is 0 Å². The summed E-state index contributed by atoms with van der Waals surface area (Å²) in [5.41, 5.74) is 0.585. The van der Waals surface area contributed by atoms with Gasteiger partial charge in [0.1, 0.15) is 0 Å². The summed E-state index contributed by atoms with van der Waals surface area (Å²) < 4.78 is 0. The molecule has 2 nitrogen and oxygen atoms in total. The monoisotopic (exact) mass is 199 g/mol. The molecule has 84 valence electrons. The number of hydrogen-bond acceptors (Lipinski definition) is 2. The van der Waals surface area contributed by atoms with Crippen LogP contribution in [0, 0.1) is 10.8 Å². The van der Waals surface area contributed by atoms with Crippen molar-refractivity contribution in [3.05, 3.63) is 0 Å². The third-order valence-electron chi connectivity index (χ3n) is 3.14. The third kappa shape index (κ3) is 3.58. The molecule has 1 N–H and O–H groups in total. The minimum absolute atomic E-state index is 0.189. The number of rotatable bonds is 2. The van der Waals surface area contributed by atoms with Crippen LogP contribution in [0.4, 0.5) is 0 Å². The fourth-order valence-electron chi connectivity index (χ4n) is 2.08. The average Bonchev–Trinajstić information content (AvgIpc) is 2.07. The maximum Gasteiger partial charge on any atom is 0.0485 e. The van der Waals surface area contributed by atoms with E-state index in [0.717, 1.165) is 25.9 Å². The van der Waals surface area contributed by atoms with Crippen molar-refractivity contribution in [1.82, 2.24) is 4.90 Å². The van der Waals surface area contributed by atoms with E-state index >= 15 is 0 Å². The van der Waals surface area contributed by atoms with Crippen molar-refractivity contribution < 1.29 is 5.11 Å². The molecule has 1 fully saturated rings. The molecule has 0 bridgehead atoms. The number of nitrogens with zero attached hydrogens (tertiary/aromatic N) is 1. The van der Waals surface area contributed by atoms with Gasteiger partial charge in [-0.25, -0.2) is 0 Å². The van der Waals surface area contributed by atoms with E-state index in [9.17, 15) is 5.11 Å². The van der Waals surface area contributed by atoms with E-state index in [1.807, 2.05) is 0 Å². The Hall–Kier alpha value is -0.0800. The second kappa shape index (κ2) is 4.19. The standard InChI is InChI=1S/C12H25NO/c1-11(2,3)9-13-7-5-12(4,10-14)6-8-13/h14H,5-10H2,1-4H3. The Morgan fingerprint density at radius 2 is 1.71 bits per heavy atom. The molecule has 0 spiro atoms. The Morgan fingerprint density at radius 1 is 1.21 bits per heavy atom. The molecule has 0 aromatic carbocycles. The molecule has 0 aromatic heterocycles. The molecular weight excluding hydrogens is 174 g/mol. The highest BCUT2D eigenvalue weighted by atomic mass is 16.3. The van der Waals surface area contributed by atoms with Crippen LogP contribution in [0.15, 0.2) is 0 Å². The van der Waals surface area contributed by atoms with Crippen molar-refractivity contribution in [3.8, 4) is 0 Å². The Balaban J connectivity index is 2.36. The lowest BCUT2D eigenvalue weighted by atomic mass is 9.80. The minimum atomic E-state index is 0.189. The van der Waals surface area contributed by atoms with Crippen LogP contribution in [0.3, 0.4) is 0 Å². The van der Waals surface area contributed by atoms with Gasteiger partial charge < -0.3 is 10.0 Å². The van der Waals surface area contributed by atoms with E-state index in [1.54, 1.807) is 0 Å². The van der Waals surface area contributed by atoms with Gasteiger partial charge in [-0.15, -0.1) is 0 Å². The lowest BCUT2D eigenvalue weighted by molar-refractivity contribution is 0.0455. The van der Waals surface area contributed by atoms with Crippen molar-refractivity contribution in [2.45, 2.75) is 40.5 Å². The van der Waals surface area contributed by atoms with Gasteiger partial charge >= 0.3 is 0 Å². The highest BCUT2D eigenvalue weighted by molar-refractivity contribution is 4.83. The molecule has 14 heavy (non-hydrogen) atoms. The summed E-state index contributed by atoms with van der Waals surface area (Å²) in [6.07, 6.45) is 2.28. The fraction of sp³-hybridized carbons (Fsp3) is 1.00. The van der Waals surface area contributed by atoms with E-state index in [2.05, 4.69) is 32.6 Å². The van der Waals surface area contributed by atoms with Gasteiger partial charge in [-0.1, -0.05) is 27.7 Å². The third-order valence-corrected chi connectivity index (χ3v) is 3.14. The summed E-state index contributed by atoms with van der Waals surface area (Å²) in [6, 6.07) is 0. The van der Waals surface area contributed by atoms with Crippen molar-refractivity contribution in [2.24, 2.45) is 10.8 Å². The van der Waals surface area contributed by atoms with Crippen molar-refractivity contribution in [2.75, 3.05) is 26.2 Å². The summed E-state index contributed by atoms with van der Waals surface area (Å²) in [4.78, 5) is 2.53. The summed E-state index contributed by atoms with van der Waals surface area (Å²) in [5, 5.41) is 9.25. The van der Waals surface area contributed by atoms with E-state index < -0.39 is 0 Å². The van der Waals surface area contributed by atoms with Crippen LogP contribution in [0.2, 0.25) is 0 Å². The van der Waals surface area contributed by atoms with Crippen LogP contribution < -0.4 is 0 Å². The number of aliphatic hydroxyl groups is 1. The number of hydrogen-bond donors (Lipinski definition) is 1. The number of likely N-dealkylation sites (tertiary alicyclic amines) is 1. The molecule has 2 heteroatoms. The maximum absolute atomic E-state index is 9.25. The molecule has 1 aliphatic rings. The fourth-order valence-corrected chi connectivity index (χ4v) is 2.08. The molecule has 0 aliphatic carbocycles. The van der Waals surface area contributed by atoms with E-state index in [0.29, 0.717) is 12.0 Å². The predicted octanol–water partition coefficient (Wildman–Crippen LogP) is 2.13. The minimum Gasteiger partial charge on any atom is -0.396 e. The highest BCUT2D eigenvalue weighted by Crippen LogP contribution is 2.31.